The lowest BCUT2D eigenvalue weighted by atomic mass is 10.2. The molecule has 1 aromatic heterocycles. The smallest absolute Gasteiger partial charge is 0.217 e. The molecule has 21 heavy (non-hydrogen) atoms. The lowest BCUT2D eigenvalue weighted by molar-refractivity contribution is -0.0528. The summed E-state index contributed by atoms with van der Waals surface area (Å²) in [5.74, 6) is 0.535. The first kappa shape index (κ1) is 15.7. The van der Waals surface area contributed by atoms with Crippen molar-refractivity contribution in [1.82, 2.24) is 9.55 Å². The summed E-state index contributed by atoms with van der Waals surface area (Å²) in [6, 6.07) is 6.47. The van der Waals surface area contributed by atoms with Crippen LogP contribution in [0, 0.1) is 12.7 Å². The molecule has 1 aromatic carbocycles. The molecule has 5 heteroatoms. The number of halogens is 1. The maximum absolute atomic E-state index is 12.9. The van der Waals surface area contributed by atoms with Crippen molar-refractivity contribution >= 4 is 0 Å². The van der Waals surface area contributed by atoms with Gasteiger partial charge in [-0.05, 0) is 24.6 Å². The van der Waals surface area contributed by atoms with Crippen molar-refractivity contribution in [2.45, 2.75) is 33.6 Å². The minimum absolute atomic E-state index is 0.228. The SMILES string of the molecule is CC.Cc1cnc(C2OCCO2)n1Cc1ccc(F)cc1. The van der Waals surface area contributed by atoms with Crippen LogP contribution in [0.3, 0.4) is 0 Å². The summed E-state index contributed by atoms with van der Waals surface area (Å²) in [6.07, 6.45) is 1.40. The summed E-state index contributed by atoms with van der Waals surface area (Å²) in [5.41, 5.74) is 2.04. The third kappa shape index (κ3) is 3.68. The Kier molecular flexibility index (Phi) is 5.47. The summed E-state index contributed by atoms with van der Waals surface area (Å²) >= 11 is 0. The first-order chi connectivity index (χ1) is 10.2. The molecule has 2 aromatic rings. The molecule has 0 radical (unpaired) electrons. The maximum Gasteiger partial charge on any atom is 0.217 e. The highest BCUT2D eigenvalue weighted by molar-refractivity contribution is 5.18. The Hall–Kier alpha value is -1.72. The Morgan fingerprint density at radius 2 is 1.81 bits per heavy atom. The second kappa shape index (κ2) is 7.33. The van der Waals surface area contributed by atoms with Crippen LogP contribution >= 0.6 is 0 Å². The molecule has 1 aliphatic rings. The van der Waals surface area contributed by atoms with Crippen LogP contribution in [0.4, 0.5) is 4.39 Å². The van der Waals surface area contributed by atoms with Gasteiger partial charge < -0.3 is 14.0 Å². The maximum atomic E-state index is 12.9. The van der Waals surface area contributed by atoms with Gasteiger partial charge in [0.2, 0.25) is 6.29 Å². The van der Waals surface area contributed by atoms with E-state index in [-0.39, 0.29) is 5.82 Å². The molecular weight excluding hydrogens is 271 g/mol. The summed E-state index contributed by atoms with van der Waals surface area (Å²) in [7, 11) is 0. The first-order valence-corrected chi connectivity index (χ1v) is 7.24. The summed E-state index contributed by atoms with van der Waals surface area (Å²) < 4.78 is 25.9. The van der Waals surface area contributed by atoms with Crippen molar-refractivity contribution in [2.75, 3.05) is 13.2 Å². The van der Waals surface area contributed by atoms with E-state index in [2.05, 4.69) is 4.98 Å². The van der Waals surface area contributed by atoms with E-state index in [0.29, 0.717) is 19.8 Å². The largest absolute Gasteiger partial charge is 0.343 e. The summed E-state index contributed by atoms with van der Waals surface area (Å²) in [5, 5.41) is 0. The van der Waals surface area contributed by atoms with E-state index in [9.17, 15) is 4.39 Å². The van der Waals surface area contributed by atoms with Crippen molar-refractivity contribution in [2.24, 2.45) is 0 Å². The molecular formula is C16H21FN2O2. The zero-order chi connectivity index (χ0) is 15.2. The number of rotatable bonds is 3. The number of ether oxygens (including phenoxy) is 2. The molecule has 0 spiro atoms. The van der Waals surface area contributed by atoms with Crippen LogP contribution in [0.1, 0.15) is 37.2 Å². The molecule has 3 rings (SSSR count). The molecule has 0 aliphatic carbocycles. The fourth-order valence-electron chi connectivity index (χ4n) is 2.15. The fourth-order valence-corrected chi connectivity index (χ4v) is 2.15. The van der Waals surface area contributed by atoms with Gasteiger partial charge in [0, 0.05) is 18.4 Å². The van der Waals surface area contributed by atoms with Crippen molar-refractivity contribution in [3.63, 3.8) is 0 Å². The monoisotopic (exact) mass is 292 g/mol. The highest BCUT2D eigenvalue weighted by Gasteiger charge is 2.24. The average molecular weight is 292 g/mol. The van der Waals surface area contributed by atoms with Crippen LogP contribution in [0.15, 0.2) is 30.5 Å². The van der Waals surface area contributed by atoms with Crippen molar-refractivity contribution in [3.05, 3.63) is 53.4 Å². The second-order valence-corrected chi connectivity index (χ2v) is 4.54. The molecule has 4 nitrogen and oxygen atoms in total. The Morgan fingerprint density at radius 3 is 2.43 bits per heavy atom. The molecule has 0 bridgehead atoms. The molecule has 0 amide bonds. The van der Waals surface area contributed by atoms with E-state index < -0.39 is 6.29 Å². The van der Waals surface area contributed by atoms with E-state index in [0.717, 1.165) is 17.1 Å². The standard InChI is InChI=1S/C14H15FN2O2.C2H6/c1-10-8-16-13(14-18-6-7-19-14)17(10)9-11-2-4-12(15)5-3-11;1-2/h2-5,8,14H,6-7,9H2,1H3;1-2H3. The fraction of sp³-hybridized carbons (Fsp3) is 0.438. The Bertz CT molecular complexity index is 560. The van der Waals surface area contributed by atoms with E-state index in [1.54, 1.807) is 18.3 Å². The Morgan fingerprint density at radius 1 is 1.19 bits per heavy atom. The van der Waals surface area contributed by atoms with Gasteiger partial charge in [-0.15, -0.1) is 0 Å². The number of hydrogen-bond acceptors (Lipinski definition) is 3. The van der Waals surface area contributed by atoms with Gasteiger partial charge in [0.15, 0.2) is 5.82 Å². The average Bonchev–Trinajstić information content (AvgIpc) is 3.14. The Balaban J connectivity index is 0.000000774. The molecule has 1 fully saturated rings. The number of imidazole rings is 1. The van der Waals surface area contributed by atoms with Crippen LogP contribution in [0.25, 0.3) is 0 Å². The van der Waals surface area contributed by atoms with Crippen LogP contribution in [0.5, 0.6) is 0 Å². The summed E-state index contributed by atoms with van der Waals surface area (Å²) in [4.78, 5) is 4.35. The number of aromatic nitrogens is 2. The van der Waals surface area contributed by atoms with E-state index in [1.807, 2.05) is 25.3 Å². The number of aryl methyl sites for hydroxylation is 1. The minimum Gasteiger partial charge on any atom is -0.343 e. The van der Waals surface area contributed by atoms with Crippen molar-refractivity contribution in [1.29, 1.82) is 0 Å². The number of hydrogen-bond donors (Lipinski definition) is 0. The zero-order valence-corrected chi connectivity index (χ0v) is 12.7. The van der Waals surface area contributed by atoms with Crippen molar-refractivity contribution in [3.8, 4) is 0 Å². The quantitative estimate of drug-likeness (QED) is 0.869. The predicted molar refractivity (Wildman–Crippen MR) is 78.5 cm³/mol. The van der Waals surface area contributed by atoms with Crippen LogP contribution < -0.4 is 0 Å². The number of nitrogens with zero attached hydrogens (tertiary/aromatic N) is 2. The van der Waals surface area contributed by atoms with Gasteiger partial charge in [-0.2, -0.15) is 0 Å². The van der Waals surface area contributed by atoms with Gasteiger partial charge in [-0.25, -0.2) is 9.37 Å². The molecule has 2 heterocycles. The third-order valence-corrected chi connectivity index (χ3v) is 3.17. The van der Waals surface area contributed by atoms with Gasteiger partial charge in [0.1, 0.15) is 5.82 Å². The van der Waals surface area contributed by atoms with Gasteiger partial charge in [0.05, 0.1) is 13.2 Å². The van der Waals surface area contributed by atoms with E-state index >= 15 is 0 Å². The minimum atomic E-state index is -0.394. The topological polar surface area (TPSA) is 36.3 Å². The van der Waals surface area contributed by atoms with Gasteiger partial charge in [0.25, 0.3) is 0 Å². The molecule has 1 aliphatic heterocycles. The van der Waals surface area contributed by atoms with E-state index in [1.165, 1.54) is 12.1 Å². The molecule has 1 saturated heterocycles. The highest BCUT2D eigenvalue weighted by atomic mass is 19.1. The number of benzene rings is 1. The lowest BCUT2D eigenvalue weighted by Crippen LogP contribution is -2.12. The highest BCUT2D eigenvalue weighted by Crippen LogP contribution is 2.23. The van der Waals surface area contributed by atoms with Gasteiger partial charge in [-0.3, -0.25) is 0 Å². The normalized spacial score (nSPS) is 14.9. The summed E-state index contributed by atoms with van der Waals surface area (Å²) in [6.45, 7) is 7.79. The first-order valence-electron chi connectivity index (χ1n) is 7.24. The molecule has 0 N–H and O–H groups in total. The lowest BCUT2D eigenvalue weighted by Gasteiger charge is -2.14. The van der Waals surface area contributed by atoms with Crippen LogP contribution in [-0.4, -0.2) is 22.8 Å². The predicted octanol–water partition coefficient (Wildman–Crippen LogP) is 3.45. The molecule has 0 unspecified atom stereocenters. The molecule has 0 atom stereocenters. The van der Waals surface area contributed by atoms with Gasteiger partial charge in [-0.1, -0.05) is 26.0 Å². The zero-order valence-electron chi connectivity index (χ0n) is 12.7. The van der Waals surface area contributed by atoms with Crippen LogP contribution in [0.2, 0.25) is 0 Å². The van der Waals surface area contributed by atoms with Gasteiger partial charge >= 0.3 is 0 Å². The van der Waals surface area contributed by atoms with Crippen LogP contribution in [-0.2, 0) is 16.0 Å². The Labute approximate surface area is 124 Å². The van der Waals surface area contributed by atoms with E-state index in [4.69, 9.17) is 9.47 Å². The third-order valence-electron chi connectivity index (χ3n) is 3.17. The molecule has 0 saturated carbocycles. The van der Waals surface area contributed by atoms with Crippen molar-refractivity contribution < 1.29 is 13.9 Å². The molecule has 114 valence electrons. The second-order valence-electron chi connectivity index (χ2n) is 4.54.